The van der Waals surface area contributed by atoms with Crippen LogP contribution in [0.3, 0.4) is 0 Å². The SMILES string of the molecule is CC(C)N(CC(F)(F)F)C(=O)c1cc(F)cc(N)c1F. The van der Waals surface area contributed by atoms with Crippen molar-refractivity contribution in [3.63, 3.8) is 0 Å². The van der Waals surface area contributed by atoms with E-state index in [4.69, 9.17) is 5.73 Å². The number of amides is 1. The molecular formula is C12H13F5N2O. The van der Waals surface area contributed by atoms with Gasteiger partial charge >= 0.3 is 6.18 Å². The number of alkyl halides is 3. The molecule has 1 aromatic carbocycles. The molecule has 0 unspecified atom stereocenters. The van der Waals surface area contributed by atoms with Crippen LogP contribution >= 0.6 is 0 Å². The van der Waals surface area contributed by atoms with Crippen LogP contribution in [0.25, 0.3) is 0 Å². The van der Waals surface area contributed by atoms with Crippen LogP contribution in [-0.2, 0) is 0 Å². The molecule has 0 fully saturated rings. The molecule has 1 aromatic rings. The summed E-state index contributed by atoms with van der Waals surface area (Å²) in [4.78, 5) is 12.4. The van der Waals surface area contributed by atoms with E-state index in [9.17, 15) is 26.7 Å². The van der Waals surface area contributed by atoms with E-state index in [1.165, 1.54) is 13.8 Å². The van der Waals surface area contributed by atoms with Crippen molar-refractivity contribution in [3.05, 3.63) is 29.3 Å². The van der Waals surface area contributed by atoms with E-state index in [2.05, 4.69) is 0 Å². The van der Waals surface area contributed by atoms with Crippen LogP contribution < -0.4 is 5.73 Å². The predicted molar refractivity (Wildman–Crippen MR) is 63.0 cm³/mol. The van der Waals surface area contributed by atoms with Crippen LogP contribution in [0.5, 0.6) is 0 Å². The van der Waals surface area contributed by atoms with Gasteiger partial charge in [0.05, 0.1) is 11.3 Å². The second-order valence-electron chi connectivity index (χ2n) is 4.50. The fraction of sp³-hybridized carbons (Fsp3) is 0.417. The molecule has 2 N–H and O–H groups in total. The van der Waals surface area contributed by atoms with E-state index >= 15 is 0 Å². The lowest BCUT2D eigenvalue weighted by Gasteiger charge is -2.28. The van der Waals surface area contributed by atoms with E-state index in [-0.39, 0.29) is 0 Å². The molecule has 0 aliphatic heterocycles. The zero-order valence-corrected chi connectivity index (χ0v) is 10.8. The molecule has 0 aromatic heterocycles. The van der Waals surface area contributed by atoms with Gasteiger partial charge in [0.25, 0.3) is 5.91 Å². The number of carbonyl (C=O) groups is 1. The molecule has 8 heteroatoms. The summed E-state index contributed by atoms with van der Waals surface area (Å²) in [6.45, 7) is 1.12. The van der Waals surface area contributed by atoms with Gasteiger partial charge in [-0.25, -0.2) is 8.78 Å². The monoisotopic (exact) mass is 296 g/mol. The number of hydrogen-bond acceptors (Lipinski definition) is 2. The number of nitrogen functional groups attached to an aromatic ring is 1. The number of anilines is 1. The molecule has 0 radical (unpaired) electrons. The first-order valence-corrected chi connectivity index (χ1v) is 5.65. The number of nitrogens with zero attached hydrogens (tertiary/aromatic N) is 1. The Morgan fingerprint density at radius 2 is 1.85 bits per heavy atom. The van der Waals surface area contributed by atoms with Crippen LogP contribution in [0.15, 0.2) is 12.1 Å². The summed E-state index contributed by atoms with van der Waals surface area (Å²) in [6.07, 6.45) is -4.64. The highest BCUT2D eigenvalue weighted by molar-refractivity contribution is 5.95. The second kappa shape index (κ2) is 5.64. The minimum Gasteiger partial charge on any atom is -0.396 e. The van der Waals surface area contributed by atoms with Gasteiger partial charge in [-0.1, -0.05) is 0 Å². The van der Waals surface area contributed by atoms with Gasteiger partial charge < -0.3 is 10.6 Å². The lowest BCUT2D eigenvalue weighted by atomic mass is 10.1. The van der Waals surface area contributed by atoms with Crippen LogP contribution in [0.2, 0.25) is 0 Å². The van der Waals surface area contributed by atoms with Gasteiger partial charge in [-0.05, 0) is 26.0 Å². The molecule has 0 saturated heterocycles. The number of nitrogens with two attached hydrogens (primary N) is 1. The van der Waals surface area contributed by atoms with Crippen LogP contribution in [0.1, 0.15) is 24.2 Å². The first-order chi connectivity index (χ1) is 9.03. The van der Waals surface area contributed by atoms with Gasteiger partial charge in [-0.3, -0.25) is 4.79 Å². The zero-order valence-electron chi connectivity index (χ0n) is 10.8. The Hall–Kier alpha value is -1.86. The highest BCUT2D eigenvalue weighted by atomic mass is 19.4. The van der Waals surface area contributed by atoms with Gasteiger partial charge in [0.1, 0.15) is 12.4 Å². The summed E-state index contributed by atoms with van der Waals surface area (Å²) < 4.78 is 64.0. The number of carbonyl (C=O) groups excluding carboxylic acids is 1. The molecule has 0 heterocycles. The third-order valence-corrected chi connectivity index (χ3v) is 2.53. The maximum atomic E-state index is 13.7. The largest absolute Gasteiger partial charge is 0.406 e. The third kappa shape index (κ3) is 3.82. The molecule has 0 aliphatic carbocycles. The topological polar surface area (TPSA) is 46.3 Å². The van der Waals surface area contributed by atoms with Gasteiger partial charge in [-0.2, -0.15) is 13.2 Å². The fourth-order valence-corrected chi connectivity index (χ4v) is 1.60. The van der Waals surface area contributed by atoms with E-state index in [0.717, 1.165) is 0 Å². The zero-order chi connectivity index (χ0) is 15.7. The predicted octanol–water partition coefficient (Wildman–Crippen LogP) is 2.96. The van der Waals surface area contributed by atoms with E-state index < -0.39 is 47.6 Å². The van der Waals surface area contributed by atoms with Gasteiger partial charge in [0, 0.05) is 6.04 Å². The number of hydrogen-bond donors (Lipinski definition) is 1. The molecular weight excluding hydrogens is 283 g/mol. The molecule has 0 spiro atoms. The van der Waals surface area contributed by atoms with Crippen LogP contribution in [0, 0.1) is 11.6 Å². The van der Waals surface area contributed by atoms with Gasteiger partial charge in [-0.15, -0.1) is 0 Å². The van der Waals surface area contributed by atoms with Crippen molar-refractivity contribution in [2.75, 3.05) is 12.3 Å². The summed E-state index contributed by atoms with van der Waals surface area (Å²) in [7, 11) is 0. The van der Waals surface area contributed by atoms with Gasteiger partial charge in [0.15, 0.2) is 5.82 Å². The lowest BCUT2D eigenvalue weighted by Crippen LogP contribution is -2.43. The number of halogens is 5. The Morgan fingerprint density at radius 1 is 1.30 bits per heavy atom. The Labute approximate surface area is 112 Å². The van der Waals surface area contributed by atoms with Crippen LogP contribution in [0.4, 0.5) is 27.6 Å². The van der Waals surface area contributed by atoms with Crippen molar-refractivity contribution in [3.8, 4) is 0 Å². The maximum Gasteiger partial charge on any atom is 0.406 e. The molecule has 0 aliphatic rings. The average Bonchev–Trinajstić information content (AvgIpc) is 2.28. The van der Waals surface area contributed by atoms with Gasteiger partial charge in [0.2, 0.25) is 0 Å². The van der Waals surface area contributed by atoms with Crippen molar-refractivity contribution in [2.45, 2.75) is 26.1 Å². The smallest absolute Gasteiger partial charge is 0.396 e. The summed E-state index contributed by atoms with van der Waals surface area (Å²) in [5, 5.41) is 0. The van der Waals surface area contributed by atoms with E-state index in [0.29, 0.717) is 17.0 Å². The van der Waals surface area contributed by atoms with E-state index in [1.807, 2.05) is 0 Å². The third-order valence-electron chi connectivity index (χ3n) is 2.53. The molecule has 1 amide bonds. The van der Waals surface area contributed by atoms with Crippen LogP contribution in [-0.4, -0.2) is 29.6 Å². The molecule has 0 saturated carbocycles. The second-order valence-corrected chi connectivity index (χ2v) is 4.50. The van der Waals surface area contributed by atoms with Crippen molar-refractivity contribution < 1.29 is 26.7 Å². The quantitative estimate of drug-likeness (QED) is 0.688. The minimum atomic E-state index is -4.64. The van der Waals surface area contributed by atoms with Crippen molar-refractivity contribution in [1.82, 2.24) is 4.90 Å². The molecule has 112 valence electrons. The molecule has 1 rings (SSSR count). The standard InChI is InChI=1S/C12H13F5N2O/c1-6(2)19(5-12(15,16)17)11(20)8-3-7(13)4-9(18)10(8)14/h3-4,6H,5,18H2,1-2H3. The number of rotatable bonds is 3. The Morgan fingerprint density at radius 3 is 2.30 bits per heavy atom. The lowest BCUT2D eigenvalue weighted by molar-refractivity contribution is -0.143. The normalized spacial score (nSPS) is 11.8. The average molecular weight is 296 g/mol. The maximum absolute atomic E-state index is 13.7. The first kappa shape index (κ1) is 16.2. The summed E-state index contributed by atoms with van der Waals surface area (Å²) in [5.74, 6) is -3.49. The Kier molecular flexibility index (Phi) is 4.57. The molecule has 0 atom stereocenters. The molecule has 20 heavy (non-hydrogen) atoms. The van der Waals surface area contributed by atoms with Crippen molar-refractivity contribution >= 4 is 11.6 Å². The minimum absolute atomic E-state index is 0.400. The number of benzene rings is 1. The Bertz CT molecular complexity index is 513. The molecule has 3 nitrogen and oxygen atoms in total. The highest BCUT2D eigenvalue weighted by Crippen LogP contribution is 2.23. The summed E-state index contributed by atoms with van der Waals surface area (Å²) in [5.41, 5.74) is 3.70. The Balaban J connectivity index is 3.20. The van der Waals surface area contributed by atoms with E-state index in [1.54, 1.807) is 0 Å². The summed E-state index contributed by atoms with van der Waals surface area (Å²) >= 11 is 0. The first-order valence-electron chi connectivity index (χ1n) is 5.65. The molecule has 0 bridgehead atoms. The summed E-state index contributed by atoms with van der Waals surface area (Å²) in [6, 6.07) is 0.336. The fourth-order valence-electron chi connectivity index (χ4n) is 1.60. The highest BCUT2D eigenvalue weighted by Gasteiger charge is 2.35. The van der Waals surface area contributed by atoms with Crippen molar-refractivity contribution in [2.24, 2.45) is 0 Å². The van der Waals surface area contributed by atoms with Crippen molar-refractivity contribution in [1.29, 1.82) is 0 Å².